The lowest BCUT2D eigenvalue weighted by Crippen LogP contribution is -2.51. The maximum Gasteiger partial charge on any atom is 0.226 e. The lowest BCUT2D eigenvalue weighted by Gasteiger charge is -2.40. The molecule has 3 aliphatic rings. The summed E-state index contributed by atoms with van der Waals surface area (Å²) in [4.78, 5) is 22.0. The van der Waals surface area contributed by atoms with Crippen LogP contribution in [0.4, 0.5) is 0 Å². The second-order valence-electron chi connectivity index (χ2n) is 7.38. The highest BCUT2D eigenvalue weighted by Gasteiger charge is 2.47. The third-order valence-electron chi connectivity index (χ3n) is 5.66. The van der Waals surface area contributed by atoms with E-state index < -0.39 is 0 Å². The van der Waals surface area contributed by atoms with Crippen LogP contribution >= 0.6 is 0 Å². The predicted molar refractivity (Wildman–Crippen MR) is 84.1 cm³/mol. The number of carbonyl (C=O) groups is 1. The van der Waals surface area contributed by atoms with Gasteiger partial charge in [-0.3, -0.25) is 9.69 Å². The molecule has 2 saturated carbocycles. The second-order valence-corrected chi connectivity index (χ2v) is 7.38. The molecule has 5 nitrogen and oxygen atoms in total. The summed E-state index contributed by atoms with van der Waals surface area (Å²) < 4.78 is 2.08. The van der Waals surface area contributed by atoms with Crippen LogP contribution in [-0.4, -0.2) is 51.9 Å². The molecule has 3 fully saturated rings. The molecule has 1 aromatic heterocycles. The van der Waals surface area contributed by atoms with Gasteiger partial charge in [0.25, 0.3) is 0 Å². The van der Waals surface area contributed by atoms with Crippen molar-refractivity contribution in [3.63, 3.8) is 0 Å². The molecular formula is C17H26N4O. The summed E-state index contributed by atoms with van der Waals surface area (Å²) in [6.45, 7) is 2.59. The topological polar surface area (TPSA) is 41.4 Å². The monoisotopic (exact) mass is 302 g/mol. The van der Waals surface area contributed by atoms with Crippen LogP contribution in [0.2, 0.25) is 0 Å². The van der Waals surface area contributed by atoms with Gasteiger partial charge in [0.2, 0.25) is 5.91 Å². The van der Waals surface area contributed by atoms with Gasteiger partial charge in [-0.05, 0) is 44.6 Å². The van der Waals surface area contributed by atoms with E-state index >= 15 is 0 Å². The summed E-state index contributed by atoms with van der Waals surface area (Å²) in [6.07, 6.45) is 8.90. The number of aromatic nitrogens is 2. The Morgan fingerprint density at radius 1 is 1.18 bits per heavy atom. The predicted octanol–water partition coefficient (Wildman–Crippen LogP) is 1.67. The molecule has 1 unspecified atom stereocenters. The number of nitrogens with zero attached hydrogens (tertiary/aromatic N) is 4. The molecule has 0 radical (unpaired) electrons. The molecule has 4 rings (SSSR count). The fourth-order valence-electron chi connectivity index (χ4n) is 3.96. The first-order chi connectivity index (χ1) is 10.6. The standard InChI is InChI=1S/C17H26N4O/c1-19-9-10-21(11-14(19)16-18-7-8-20(16)2)17(22)15(12-3-4-12)13-5-6-13/h7-8,12-15H,3-6,9-11H2,1-2H3. The molecule has 2 aliphatic carbocycles. The Hall–Kier alpha value is -1.36. The third-order valence-corrected chi connectivity index (χ3v) is 5.66. The van der Waals surface area contributed by atoms with Gasteiger partial charge >= 0.3 is 0 Å². The minimum atomic E-state index is 0.219. The summed E-state index contributed by atoms with van der Waals surface area (Å²) in [7, 11) is 4.18. The Balaban J connectivity index is 1.50. The van der Waals surface area contributed by atoms with Crippen LogP contribution in [-0.2, 0) is 11.8 Å². The average Bonchev–Trinajstić information content (AvgIpc) is 3.42. The molecule has 1 saturated heterocycles. The highest BCUT2D eigenvalue weighted by Crippen LogP contribution is 2.50. The number of hydrogen-bond donors (Lipinski definition) is 0. The normalized spacial score (nSPS) is 26.7. The lowest BCUT2D eigenvalue weighted by atomic mass is 9.95. The Morgan fingerprint density at radius 2 is 1.86 bits per heavy atom. The molecule has 5 heteroatoms. The average molecular weight is 302 g/mol. The van der Waals surface area contributed by atoms with Crippen molar-refractivity contribution in [2.45, 2.75) is 31.7 Å². The summed E-state index contributed by atoms with van der Waals surface area (Å²) in [5, 5.41) is 0. The number of hydrogen-bond acceptors (Lipinski definition) is 3. The zero-order valence-corrected chi connectivity index (χ0v) is 13.6. The fourth-order valence-corrected chi connectivity index (χ4v) is 3.96. The highest BCUT2D eigenvalue weighted by molar-refractivity contribution is 5.80. The smallest absolute Gasteiger partial charge is 0.226 e. The van der Waals surface area contributed by atoms with Crippen LogP contribution in [0, 0.1) is 17.8 Å². The van der Waals surface area contributed by atoms with Crippen molar-refractivity contribution in [2.24, 2.45) is 24.8 Å². The van der Waals surface area contributed by atoms with Gasteiger partial charge in [-0.2, -0.15) is 0 Å². The summed E-state index contributed by atoms with van der Waals surface area (Å²) in [5.74, 6) is 3.19. The van der Waals surface area contributed by atoms with E-state index in [2.05, 4.69) is 26.4 Å². The number of amides is 1. The van der Waals surface area contributed by atoms with Gasteiger partial charge in [0.05, 0.1) is 6.04 Å². The van der Waals surface area contributed by atoms with E-state index in [1.165, 1.54) is 25.7 Å². The summed E-state index contributed by atoms with van der Waals surface area (Å²) >= 11 is 0. The van der Waals surface area contributed by atoms with Crippen molar-refractivity contribution < 1.29 is 4.79 Å². The van der Waals surface area contributed by atoms with E-state index in [9.17, 15) is 4.79 Å². The quantitative estimate of drug-likeness (QED) is 0.849. The first kappa shape index (κ1) is 14.2. The summed E-state index contributed by atoms with van der Waals surface area (Å²) in [5.41, 5.74) is 0. The van der Waals surface area contributed by atoms with Gasteiger partial charge in [0.15, 0.2) is 0 Å². The number of aryl methyl sites for hydroxylation is 1. The SMILES string of the molecule is CN1CCN(C(=O)C(C2CC2)C2CC2)CC1c1nccn1C. The van der Waals surface area contributed by atoms with Crippen LogP contribution in [0.1, 0.15) is 37.5 Å². The molecule has 0 bridgehead atoms. The van der Waals surface area contributed by atoms with Crippen molar-refractivity contribution in [3.05, 3.63) is 18.2 Å². The van der Waals surface area contributed by atoms with Gasteiger partial charge in [-0.15, -0.1) is 0 Å². The lowest BCUT2D eigenvalue weighted by molar-refractivity contribution is -0.140. The van der Waals surface area contributed by atoms with Crippen molar-refractivity contribution in [2.75, 3.05) is 26.7 Å². The van der Waals surface area contributed by atoms with Gasteiger partial charge in [0, 0.05) is 45.0 Å². The van der Waals surface area contributed by atoms with Crippen LogP contribution in [0.3, 0.4) is 0 Å². The molecule has 120 valence electrons. The molecule has 1 aromatic rings. The zero-order valence-electron chi connectivity index (χ0n) is 13.6. The van der Waals surface area contributed by atoms with Gasteiger partial charge in [-0.25, -0.2) is 4.98 Å². The Kier molecular flexibility index (Phi) is 3.48. The van der Waals surface area contributed by atoms with Crippen LogP contribution in [0.5, 0.6) is 0 Å². The first-order valence-electron chi connectivity index (χ1n) is 8.61. The Labute approximate surface area is 132 Å². The maximum absolute atomic E-state index is 13.0. The van der Waals surface area contributed by atoms with E-state index in [1.54, 1.807) is 0 Å². The Bertz CT molecular complexity index is 549. The number of rotatable bonds is 4. The van der Waals surface area contributed by atoms with E-state index in [-0.39, 0.29) is 6.04 Å². The van der Waals surface area contributed by atoms with Gasteiger partial charge in [0.1, 0.15) is 5.82 Å². The Morgan fingerprint density at radius 3 is 2.41 bits per heavy atom. The molecule has 1 atom stereocenters. The van der Waals surface area contributed by atoms with E-state index in [1.807, 2.05) is 19.4 Å². The van der Waals surface area contributed by atoms with Crippen molar-refractivity contribution in [3.8, 4) is 0 Å². The summed E-state index contributed by atoms with van der Waals surface area (Å²) in [6, 6.07) is 0.219. The van der Waals surface area contributed by atoms with Gasteiger partial charge < -0.3 is 9.47 Å². The molecule has 1 aliphatic heterocycles. The largest absolute Gasteiger partial charge is 0.339 e. The molecule has 1 amide bonds. The van der Waals surface area contributed by atoms with Crippen LogP contribution in [0.25, 0.3) is 0 Å². The van der Waals surface area contributed by atoms with Crippen LogP contribution in [0.15, 0.2) is 12.4 Å². The van der Waals surface area contributed by atoms with Crippen molar-refractivity contribution in [1.82, 2.24) is 19.4 Å². The zero-order chi connectivity index (χ0) is 15.3. The number of carbonyl (C=O) groups excluding carboxylic acids is 1. The number of piperazine rings is 1. The molecule has 2 heterocycles. The van der Waals surface area contributed by atoms with E-state index in [0.29, 0.717) is 23.7 Å². The minimum absolute atomic E-state index is 0.219. The van der Waals surface area contributed by atoms with E-state index in [0.717, 1.165) is 25.5 Å². The molecule has 0 N–H and O–H groups in total. The molecular weight excluding hydrogens is 276 g/mol. The second kappa shape index (κ2) is 5.37. The molecule has 0 spiro atoms. The third kappa shape index (κ3) is 2.56. The first-order valence-corrected chi connectivity index (χ1v) is 8.61. The van der Waals surface area contributed by atoms with Gasteiger partial charge in [-0.1, -0.05) is 0 Å². The van der Waals surface area contributed by atoms with E-state index in [4.69, 9.17) is 0 Å². The molecule has 0 aromatic carbocycles. The minimum Gasteiger partial charge on any atom is -0.339 e. The molecule has 22 heavy (non-hydrogen) atoms. The van der Waals surface area contributed by atoms with Crippen molar-refractivity contribution in [1.29, 1.82) is 0 Å². The highest BCUT2D eigenvalue weighted by atomic mass is 16.2. The fraction of sp³-hybridized carbons (Fsp3) is 0.765. The van der Waals surface area contributed by atoms with Crippen molar-refractivity contribution >= 4 is 5.91 Å². The number of imidazole rings is 1. The van der Waals surface area contributed by atoms with Crippen LogP contribution < -0.4 is 0 Å². The maximum atomic E-state index is 13.0. The number of likely N-dealkylation sites (N-methyl/N-ethyl adjacent to an activating group) is 1.